The van der Waals surface area contributed by atoms with Crippen LogP contribution in [0.4, 0.5) is 0 Å². The molecule has 1 aromatic rings. The monoisotopic (exact) mass is 828 g/mol. The first kappa shape index (κ1) is 40.8. The largest absolute Gasteiger partial charge is 0.472 e. The van der Waals surface area contributed by atoms with E-state index in [1.165, 1.54) is 19.6 Å². The normalized spacial score (nSPS) is 51.0. The first-order chi connectivity index (χ1) is 27.5. The van der Waals surface area contributed by atoms with Crippen molar-refractivity contribution >= 4 is 29.8 Å². The molecular formula is C43H56O16. The maximum absolute atomic E-state index is 14.3. The highest BCUT2D eigenvalue weighted by atomic mass is 17.0. The van der Waals surface area contributed by atoms with Crippen LogP contribution in [0.15, 0.2) is 23.0 Å². The number of cyclic esters (lactones) is 1. The van der Waals surface area contributed by atoms with Crippen LogP contribution in [0.1, 0.15) is 113 Å². The van der Waals surface area contributed by atoms with E-state index < -0.39 is 141 Å². The van der Waals surface area contributed by atoms with Crippen molar-refractivity contribution < 1.29 is 76.1 Å². The van der Waals surface area contributed by atoms with Gasteiger partial charge in [0.25, 0.3) is 5.97 Å². The molecule has 17 unspecified atom stereocenters. The molecule has 8 aliphatic rings. The second-order valence-corrected chi connectivity index (χ2v) is 19.8. The molecule has 16 nitrogen and oxygen atoms in total. The lowest BCUT2D eigenvalue weighted by Gasteiger charge is -2.78. The van der Waals surface area contributed by atoms with Gasteiger partial charge in [0, 0.05) is 41.1 Å². The van der Waals surface area contributed by atoms with Crippen LogP contribution in [-0.4, -0.2) is 100 Å². The zero-order chi connectivity index (χ0) is 42.9. The maximum atomic E-state index is 14.3. The predicted octanol–water partition coefficient (Wildman–Crippen LogP) is 4.23. The van der Waals surface area contributed by atoms with Crippen LogP contribution in [0, 0.1) is 39.9 Å². The summed E-state index contributed by atoms with van der Waals surface area (Å²) in [6, 6.07) is 1.66. The number of ether oxygens (including phenoxy) is 9. The fraction of sp³-hybridized carbons (Fsp3) is 0.791. The van der Waals surface area contributed by atoms with Crippen molar-refractivity contribution in [3.63, 3.8) is 0 Å². The van der Waals surface area contributed by atoms with Crippen LogP contribution >= 0.6 is 0 Å². The molecule has 16 heteroatoms. The number of furan rings is 1. The molecule has 0 amide bonds. The van der Waals surface area contributed by atoms with Crippen molar-refractivity contribution in [1.82, 2.24) is 0 Å². The lowest BCUT2D eigenvalue weighted by molar-refractivity contribution is -0.464. The molecule has 4 bridgehead atoms. The molecule has 1 aromatic heterocycles. The Kier molecular flexibility index (Phi) is 8.35. The quantitative estimate of drug-likeness (QED) is 0.199. The average Bonchev–Trinajstić information content (AvgIpc) is 3.67. The van der Waals surface area contributed by atoms with Crippen LogP contribution in [-0.2, 0) is 66.6 Å². The van der Waals surface area contributed by atoms with Gasteiger partial charge in [0.05, 0.1) is 44.0 Å². The van der Waals surface area contributed by atoms with Crippen LogP contribution in [0.3, 0.4) is 0 Å². The number of rotatable bonds is 10. The topological polar surface area (TPSA) is 205 Å². The van der Waals surface area contributed by atoms with Gasteiger partial charge < -0.3 is 52.2 Å². The van der Waals surface area contributed by atoms with Gasteiger partial charge in [-0.15, -0.1) is 0 Å². The summed E-state index contributed by atoms with van der Waals surface area (Å²) in [6.45, 7) is 17.3. The van der Waals surface area contributed by atoms with Gasteiger partial charge in [-0.1, -0.05) is 48.5 Å². The van der Waals surface area contributed by atoms with Crippen molar-refractivity contribution in [2.75, 3.05) is 7.11 Å². The Morgan fingerprint density at radius 1 is 0.932 bits per heavy atom. The van der Waals surface area contributed by atoms with E-state index in [1.807, 2.05) is 27.7 Å². The minimum Gasteiger partial charge on any atom is -0.472 e. The van der Waals surface area contributed by atoms with Crippen LogP contribution in [0.2, 0.25) is 0 Å². The molecule has 4 saturated heterocycles. The molecule has 17 atom stereocenters. The van der Waals surface area contributed by atoms with Crippen molar-refractivity contribution in [1.29, 1.82) is 0 Å². The van der Waals surface area contributed by atoms with E-state index in [4.69, 9.17) is 47.0 Å². The van der Waals surface area contributed by atoms with Crippen molar-refractivity contribution in [3.8, 4) is 0 Å². The van der Waals surface area contributed by atoms with E-state index >= 15 is 0 Å². The number of epoxide rings is 1. The lowest BCUT2D eigenvalue weighted by atomic mass is 9.32. The van der Waals surface area contributed by atoms with Gasteiger partial charge in [-0.2, -0.15) is 0 Å². The van der Waals surface area contributed by atoms with E-state index in [0.29, 0.717) is 12.0 Å². The van der Waals surface area contributed by atoms with Gasteiger partial charge in [0.15, 0.2) is 22.9 Å². The smallest absolute Gasteiger partial charge is 0.341 e. The molecule has 8 fully saturated rings. The van der Waals surface area contributed by atoms with Crippen molar-refractivity contribution in [2.45, 2.75) is 166 Å². The Bertz CT molecular complexity index is 2020. The number of esters is 5. The first-order valence-corrected chi connectivity index (χ1v) is 20.9. The molecule has 5 heterocycles. The fourth-order valence-corrected chi connectivity index (χ4v) is 13.7. The van der Waals surface area contributed by atoms with Gasteiger partial charge in [-0.25, -0.2) is 4.79 Å². The third-order valence-corrected chi connectivity index (χ3v) is 16.7. The number of fused-ring (bicyclic) bond motifs is 2. The van der Waals surface area contributed by atoms with E-state index in [1.54, 1.807) is 47.6 Å². The summed E-state index contributed by atoms with van der Waals surface area (Å²) in [7, 11) is 1.27. The molecule has 2 spiro atoms. The van der Waals surface area contributed by atoms with Crippen molar-refractivity contribution in [2.24, 2.45) is 39.9 Å². The number of hydrogen-bond acceptors (Lipinski definition) is 16. The summed E-state index contributed by atoms with van der Waals surface area (Å²) in [5, 5.41) is 14.1. The SMILES string of the molecule is CCC(C)C(=O)OC1CC2(C)C(c3ccoc3)OC(=O)CC23OC2(C)OC14C1(C)C(CC(=O)OC)C5(C)CC1C(O)(C5OC(=O)C1(C)OC1C)C(OC(=O)C(C)C)C34O2. The van der Waals surface area contributed by atoms with Crippen molar-refractivity contribution in [3.05, 3.63) is 24.2 Å². The molecule has 4 aliphatic carbocycles. The summed E-state index contributed by atoms with van der Waals surface area (Å²) >= 11 is 0. The highest BCUT2D eigenvalue weighted by Gasteiger charge is 3.04. The predicted molar refractivity (Wildman–Crippen MR) is 197 cm³/mol. The minimum atomic E-state index is -2.29. The number of carbonyl (C=O) groups excluding carboxylic acids is 5. The van der Waals surface area contributed by atoms with E-state index in [2.05, 4.69) is 0 Å². The standard InChI is InChI=1S/C43H56O16/c1-12-21(4)31(47)52-26-17-36(7)29(23-13-14-51-19-23)53-28(45)18-40(36)43-33(54-30(46)20(2)3)41(49)25-16-35(6,32(41)55-34(48)38(9)22(5)56-38)24(15-27(44)50-11)37(25,8)42(26,43)58-39(10,57-40)59-43/h13-14,19-22,24-26,29,32-33,49H,12,15-18H2,1-11H3. The molecular weight excluding hydrogens is 772 g/mol. The number of methoxy groups -OCH3 is 1. The summed E-state index contributed by atoms with van der Waals surface area (Å²) in [6.07, 6.45) is -3.32. The molecule has 324 valence electrons. The molecule has 4 aliphatic heterocycles. The van der Waals surface area contributed by atoms with Gasteiger partial charge in [-0.3, -0.25) is 19.2 Å². The number of carbonyl (C=O) groups is 5. The third-order valence-electron chi connectivity index (χ3n) is 16.7. The van der Waals surface area contributed by atoms with Gasteiger partial charge in [0.1, 0.15) is 29.5 Å². The Morgan fingerprint density at radius 2 is 1.61 bits per heavy atom. The highest BCUT2D eigenvalue weighted by Crippen LogP contribution is 2.88. The molecule has 59 heavy (non-hydrogen) atoms. The Labute approximate surface area is 342 Å². The summed E-state index contributed by atoms with van der Waals surface area (Å²) in [4.78, 5) is 71.0. The third kappa shape index (κ3) is 4.45. The van der Waals surface area contributed by atoms with E-state index in [9.17, 15) is 29.1 Å². The Hall–Kier alpha value is -3.57. The summed E-state index contributed by atoms with van der Waals surface area (Å²) < 4.78 is 64.3. The van der Waals surface area contributed by atoms with Gasteiger partial charge >= 0.3 is 29.8 Å². The number of hydrogen-bond donors (Lipinski definition) is 1. The molecule has 1 N–H and O–H groups in total. The lowest BCUT2D eigenvalue weighted by Crippen LogP contribution is -2.96. The van der Waals surface area contributed by atoms with E-state index in [0.717, 1.165) is 0 Å². The van der Waals surface area contributed by atoms with Crippen LogP contribution in [0.5, 0.6) is 0 Å². The zero-order valence-corrected chi connectivity index (χ0v) is 35.5. The second kappa shape index (κ2) is 12.1. The van der Waals surface area contributed by atoms with Crippen LogP contribution in [0.25, 0.3) is 0 Å². The minimum absolute atomic E-state index is 0.0290. The van der Waals surface area contributed by atoms with Gasteiger partial charge in [-0.05, 0) is 45.1 Å². The zero-order valence-electron chi connectivity index (χ0n) is 35.5. The van der Waals surface area contributed by atoms with Gasteiger partial charge in [0.2, 0.25) is 0 Å². The molecule has 4 saturated carbocycles. The molecule has 0 radical (unpaired) electrons. The summed E-state index contributed by atoms with van der Waals surface area (Å²) in [5.74, 6) is -8.40. The number of aliphatic hydroxyl groups is 1. The average molecular weight is 829 g/mol. The fourth-order valence-electron chi connectivity index (χ4n) is 13.7. The van der Waals surface area contributed by atoms with Crippen LogP contribution < -0.4 is 0 Å². The first-order valence-electron chi connectivity index (χ1n) is 20.9. The molecule has 0 aromatic carbocycles. The summed E-state index contributed by atoms with van der Waals surface area (Å²) in [5.41, 5.74) is -13.2. The highest BCUT2D eigenvalue weighted by molar-refractivity contribution is 5.83. The Morgan fingerprint density at radius 3 is 2.20 bits per heavy atom. The second-order valence-electron chi connectivity index (χ2n) is 19.8. The maximum Gasteiger partial charge on any atom is 0.341 e. The Balaban J connectivity index is 1.39. The molecule has 9 rings (SSSR count). The van der Waals surface area contributed by atoms with E-state index in [-0.39, 0.29) is 19.3 Å².